The molecule has 17 heavy (non-hydrogen) atoms. The maximum absolute atomic E-state index is 6.15. The van der Waals surface area contributed by atoms with Gasteiger partial charge in [0.05, 0.1) is 17.2 Å². The van der Waals surface area contributed by atoms with Crippen LogP contribution >= 0.6 is 23.2 Å². The molecule has 0 bridgehead atoms. The van der Waals surface area contributed by atoms with Crippen LogP contribution in [0.5, 0.6) is 5.88 Å². The monoisotopic (exact) mass is 268 g/mol. The van der Waals surface area contributed by atoms with Gasteiger partial charge in [0.2, 0.25) is 5.88 Å². The molecule has 88 valence electrons. The maximum atomic E-state index is 6.15. The first-order valence-electron chi connectivity index (χ1n) is 4.88. The normalized spacial score (nSPS) is 10.3. The number of hydrogen-bond acceptors (Lipinski definition) is 3. The smallest absolute Gasteiger partial charge is 0.223 e. The lowest BCUT2D eigenvalue weighted by Gasteiger charge is -2.10. The first-order valence-corrected chi connectivity index (χ1v) is 5.64. The molecule has 0 saturated heterocycles. The van der Waals surface area contributed by atoms with Crippen LogP contribution in [-0.4, -0.2) is 12.1 Å². The molecule has 3 nitrogen and oxygen atoms in total. The molecule has 0 saturated carbocycles. The third-order valence-corrected chi connectivity index (χ3v) is 3.14. The van der Waals surface area contributed by atoms with Gasteiger partial charge in [-0.1, -0.05) is 35.3 Å². The Bertz CT molecular complexity index is 558. The number of nitrogens with two attached hydrogens (primary N) is 1. The summed E-state index contributed by atoms with van der Waals surface area (Å²) in [6.07, 6.45) is 0. The average Bonchev–Trinajstić information content (AvgIpc) is 2.33. The number of nitrogens with zero attached hydrogens (tertiary/aromatic N) is 1. The topological polar surface area (TPSA) is 48.1 Å². The van der Waals surface area contributed by atoms with Crippen molar-refractivity contribution in [3.63, 3.8) is 0 Å². The Morgan fingerprint density at radius 3 is 2.59 bits per heavy atom. The first-order chi connectivity index (χ1) is 8.13. The zero-order valence-electron chi connectivity index (χ0n) is 9.08. The summed E-state index contributed by atoms with van der Waals surface area (Å²) in [6, 6.07) is 8.89. The fourth-order valence-corrected chi connectivity index (χ4v) is 1.93. The number of aromatic nitrogens is 1. The van der Waals surface area contributed by atoms with Crippen molar-refractivity contribution in [3.8, 4) is 17.0 Å². The lowest BCUT2D eigenvalue weighted by molar-refractivity contribution is 0.400. The summed E-state index contributed by atoms with van der Waals surface area (Å²) in [5.74, 6) is 0.818. The van der Waals surface area contributed by atoms with Crippen molar-refractivity contribution in [2.45, 2.75) is 0 Å². The fourth-order valence-electron chi connectivity index (χ4n) is 1.53. The van der Waals surface area contributed by atoms with Gasteiger partial charge in [0.1, 0.15) is 5.82 Å². The quantitative estimate of drug-likeness (QED) is 0.905. The third-order valence-electron chi connectivity index (χ3n) is 2.32. The molecule has 0 aliphatic carbocycles. The van der Waals surface area contributed by atoms with Crippen LogP contribution in [0.15, 0.2) is 30.3 Å². The zero-order valence-corrected chi connectivity index (χ0v) is 10.6. The van der Waals surface area contributed by atoms with Crippen LogP contribution < -0.4 is 10.5 Å². The Balaban J connectivity index is 2.64. The van der Waals surface area contributed by atoms with Crippen LogP contribution in [0, 0.1) is 0 Å². The molecule has 2 rings (SSSR count). The van der Waals surface area contributed by atoms with Crippen molar-refractivity contribution >= 4 is 29.0 Å². The molecule has 0 amide bonds. The molecule has 1 aromatic heterocycles. The summed E-state index contributed by atoms with van der Waals surface area (Å²) in [4.78, 5) is 4.09. The van der Waals surface area contributed by atoms with E-state index in [0.717, 1.165) is 11.1 Å². The van der Waals surface area contributed by atoms with Crippen LogP contribution in [0.4, 0.5) is 5.82 Å². The van der Waals surface area contributed by atoms with Crippen LogP contribution in [-0.2, 0) is 0 Å². The van der Waals surface area contributed by atoms with Gasteiger partial charge in [0, 0.05) is 11.1 Å². The minimum atomic E-state index is 0.392. The summed E-state index contributed by atoms with van der Waals surface area (Å²) in [5.41, 5.74) is 7.12. The molecular formula is C12H10Cl2N2O. The van der Waals surface area contributed by atoms with Crippen molar-refractivity contribution in [1.29, 1.82) is 0 Å². The van der Waals surface area contributed by atoms with Crippen LogP contribution in [0.25, 0.3) is 11.1 Å². The highest BCUT2D eigenvalue weighted by atomic mass is 35.5. The molecule has 1 heterocycles. The van der Waals surface area contributed by atoms with Gasteiger partial charge in [0.25, 0.3) is 0 Å². The average molecular weight is 269 g/mol. The summed E-state index contributed by atoms with van der Waals surface area (Å²) in [5, 5.41) is 0.960. The predicted octanol–water partition coefficient (Wildman–Crippen LogP) is 3.65. The van der Waals surface area contributed by atoms with E-state index >= 15 is 0 Å². The molecule has 0 aliphatic rings. The second-order valence-corrected chi connectivity index (χ2v) is 4.18. The molecule has 5 heteroatoms. The summed E-state index contributed by atoms with van der Waals surface area (Å²) in [7, 11) is 1.53. The van der Waals surface area contributed by atoms with Crippen LogP contribution in [0.3, 0.4) is 0 Å². The van der Waals surface area contributed by atoms with Crippen molar-refractivity contribution in [1.82, 2.24) is 4.98 Å². The molecule has 0 unspecified atom stereocenters. The van der Waals surface area contributed by atoms with Gasteiger partial charge in [-0.25, -0.2) is 0 Å². The van der Waals surface area contributed by atoms with Crippen molar-refractivity contribution in [2.75, 3.05) is 12.8 Å². The number of halogens is 2. The van der Waals surface area contributed by atoms with Gasteiger partial charge in [-0.2, -0.15) is 4.98 Å². The molecule has 0 radical (unpaired) electrons. The summed E-state index contributed by atoms with van der Waals surface area (Å²) < 4.78 is 5.18. The van der Waals surface area contributed by atoms with Gasteiger partial charge in [-0.3, -0.25) is 0 Å². The highest BCUT2D eigenvalue weighted by Gasteiger charge is 2.12. The van der Waals surface area contributed by atoms with E-state index in [-0.39, 0.29) is 0 Å². The van der Waals surface area contributed by atoms with E-state index in [1.165, 1.54) is 7.11 Å². The number of methoxy groups -OCH3 is 1. The number of rotatable bonds is 2. The molecule has 2 aromatic rings. The highest BCUT2D eigenvalue weighted by Crippen LogP contribution is 2.37. The van der Waals surface area contributed by atoms with E-state index in [1.807, 2.05) is 12.1 Å². The molecule has 0 aliphatic heterocycles. The third kappa shape index (κ3) is 2.30. The minimum Gasteiger partial charge on any atom is -0.480 e. The second-order valence-electron chi connectivity index (χ2n) is 3.39. The zero-order chi connectivity index (χ0) is 12.4. The lowest BCUT2D eigenvalue weighted by Crippen LogP contribution is -1.96. The molecule has 0 spiro atoms. The van der Waals surface area contributed by atoms with E-state index < -0.39 is 0 Å². The Morgan fingerprint density at radius 2 is 1.88 bits per heavy atom. The molecule has 0 fully saturated rings. The van der Waals surface area contributed by atoms with E-state index in [4.69, 9.17) is 33.7 Å². The van der Waals surface area contributed by atoms with Crippen LogP contribution in [0.2, 0.25) is 10.0 Å². The first kappa shape index (κ1) is 12.0. The Morgan fingerprint density at radius 1 is 1.12 bits per heavy atom. The number of anilines is 1. The fraction of sp³-hybridized carbons (Fsp3) is 0.0833. The van der Waals surface area contributed by atoms with Crippen molar-refractivity contribution < 1.29 is 4.74 Å². The van der Waals surface area contributed by atoms with Gasteiger partial charge in [-0.15, -0.1) is 0 Å². The van der Waals surface area contributed by atoms with Gasteiger partial charge in [-0.05, 0) is 18.2 Å². The SMILES string of the molecule is COc1nc(N)ccc1-c1cccc(Cl)c1Cl. The summed E-state index contributed by atoms with van der Waals surface area (Å²) in [6.45, 7) is 0. The molecule has 1 aromatic carbocycles. The molecule has 0 atom stereocenters. The number of benzene rings is 1. The van der Waals surface area contributed by atoms with E-state index in [1.54, 1.807) is 18.2 Å². The predicted molar refractivity (Wildman–Crippen MR) is 70.7 cm³/mol. The minimum absolute atomic E-state index is 0.392. The standard InChI is InChI=1S/C12H10Cl2N2O/c1-17-12-8(5-6-10(15)16-12)7-3-2-4-9(13)11(7)14/h2-6H,1H3,(H2,15,16). The number of pyridine rings is 1. The van der Waals surface area contributed by atoms with Crippen molar-refractivity contribution in [2.24, 2.45) is 0 Å². The van der Waals surface area contributed by atoms with Gasteiger partial charge in [0.15, 0.2) is 0 Å². The van der Waals surface area contributed by atoms with Crippen LogP contribution in [0.1, 0.15) is 0 Å². The Kier molecular flexibility index (Phi) is 3.41. The van der Waals surface area contributed by atoms with Crippen molar-refractivity contribution in [3.05, 3.63) is 40.4 Å². The molecular weight excluding hydrogens is 259 g/mol. The Labute approximate surface area is 109 Å². The van der Waals surface area contributed by atoms with Gasteiger partial charge >= 0.3 is 0 Å². The number of hydrogen-bond donors (Lipinski definition) is 1. The molecule has 2 N–H and O–H groups in total. The summed E-state index contributed by atoms with van der Waals surface area (Å²) >= 11 is 12.1. The highest BCUT2D eigenvalue weighted by molar-refractivity contribution is 6.43. The number of ether oxygens (including phenoxy) is 1. The van der Waals surface area contributed by atoms with E-state index in [2.05, 4.69) is 4.98 Å². The largest absolute Gasteiger partial charge is 0.480 e. The second kappa shape index (κ2) is 4.82. The lowest BCUT2D eigenvalue weighted by atomic mass is 10.1. The Hall–Kier alpha value is -1.45. The van der Waals surface area contributed by atoms with E-state index in [0.29, 0.717) is 21.7 Å². The van der Waals surface area contributed by atoms with Gasteiger partial charge < -0.3 is 10.5 Å². The number of nitrogen functional groups attached to an aromatic ring is 1. The van der Waals surface area contributed by atoms with E-state index in [9.17, 15) is 0 Å². The maximum Gasteiger partial charge on any atom is 0.223 e.